The molecule has 4 heterocycles. The normalized spacial score (nSPS) is 23.2. The Bertz CT molecular complexity index is 1400. The summed E-state index contributed by atoms with van der Waals surface area (Å²) in [5.41, 5.74) is 0. The second-order valence-electron chi connectivity index (χ2n) is 22.8. The Kier molecular flexibility index (Phi) is 33.4. The summed E-state index contributed by atoms with van der Waals surface area (Å²) < 4.78 is 0. The predicted molar refractivity (Wildman–Crippen MR) is 305 cm³/mol. The van der Waals surface area contributed by atoms with Crippen molar-refractivity contribution >= 4 is 11.8 Å². The van der Waals surface area contributed by atoms with Gasteiger partial charge < -0.3 is 31.1 Å². The van der Waals surface area contributed by atoms with Gasteiger partial charge in [-0.05, 0) is 68.6 Å². The molecule has 12 nitrogen and oxygen atoms in total. The second kappa shape index (κ2) is 39.5. The monoisotopic (exact) mass is 1010 g/mol. The molecule has 4 saturated heterocycles. The lowest BCUT2D eigenvalue weighted by atomic mass is 9.66. The van der Waals surface area contributed by atoms with Crippen molar-refractivity contribution in [2.45, 2.75) is 168 Å². The van der Waals surface area contributed by atoms with Gasteiger partial charge in [-0.3, -0.25) is 29.2 Å². The number of hydrogen-bond acceptors (Lipinski definition) is 10. The first-order valence-electron chi connectivity index (χ1n) is 31.2. The smallest absolute Gasteiger partial charge is 0.222 e. The van der Waals surface area contributed by atoms with E-state index in [0.717, 1.165) is 162 Å². The van der Waals surface area contributed by atoms with Gasteiger partial charge in [0.2, 0.25) is 11.8 Å². The molecule has 0 radical (unpaired) electrons. The molecule has 0 bridgehead atoms. The van der Waals surface area contributed by atoms with Gasteiger partial charge in [0.1, 0.15) is 0 Å². The van der Waals surface area contributed by atoms with Crippen LogP contribution in [0.25, 0.3) is 0 Å². The lowest BCUT2D eigenvalue weighted by Crippen LogP contribution is -2.50. The van der Waals surface area contributed by atoms with E-state index in [4.69, 9.17) is 0 Å². The molecular formula is C60H114N10O2. The molecule has 0 aromatic carbocycles. The van der Waals surface area contributed by atoms with Gasteiger partial charge in [-0.15, -0.1) is 0 Å². The second-order valence-corrected chi connectivity index (χ2v) is 22.8. The highest BCUT2D eigenvalue weighted by Crippen LogP contribution is 2.43. The molecule has 5 rings (SSSR count). The first kappa shape index (κ1) is 61.0. The van der Waals surface area contributed by atoms with Gasteiger partial charge in [0.05, 0.1) is 0 Å². The zero-order valence-electron chi connectivity index (χ0n) is 47.1. The zero-order chi connectivity index (χ0) is 50.5. The minimum atomic E-state index is 0.377. The van der Waals surface area contributed by atoms with Gasteiger partial charge in [-0.1, -0.05) is 134 Å². The number of nitrogens with one attached hydrogen (secondary N) is 4. The van der Waals surface area contributed by atoms with E-state index in [-0.39, 0.29) is 0 Å². The van der Waals surface area contributed by atoms with Crippen LogP contribution in [0.2, 0.25) is 0 Å². The zero-order valence-corrected chi connectivity index (χ0v) is 47.1. The van der Waals surface area contributed by atoms with Crippen molar-refractivity contribution in [3.05, 3.63) is 24.3 Å². The molecule has 0 saturated carbocycles. The van der Waals surface area contributed by atoms with E-state index in [1.807, 2.05) is 0 Å². The third-order valence-corrected chi connectivity index (χ3v) is 17.3. The number of amides is 2. The van der Waals surface area contributed by atoms with Crippen molar-refractivity contribution in [3.63, 3.8) is 0 Å². The molecule has 4 fully saturated rings. The number of carbonyl (C=O) groups is 2. The number of nitrogens with zero attached hydrogens (tertiary/aromatic N) is 6. The Balaban J connectivity index is 0.962. The van der Waals surface area contributed by atoms with Crippen LogP contribution in [0.15, 0.2) is 24.3 Å². The molecule has 4 unspecified atom stereocenters. The van der Waals surface area contributed by atoms with Crippen molar-refractivity contribution in [1.29, 1.82) is 0 Å². The van der Waals surface area contributed by atoms with Crippen molar-refractivity contribution in [1.82, 2.24) is 50.7 Å². The van der Waals surface area contributed by atoms with E-state index in [0.29, 0.717) is 29.6 Å². The van der Waals surface area contributed by atoms with Crippen LogP contribution in [0.3, 0.4) is 0 Å². The van der Waals surface area contributed by atoms with Crippen molar-refractivity contribution in [2.75, 3.05) is 157 Å². The number of piperazine rings is 4. The van der Waals surface area contributed by atoms with Crippen molar-refractivity contribution in [3.8, 4) is 0 Å². The van der Waals surface area contributed by atoms with E-state index < -0.39 is 0 Å². The molecule has 2 amide bonds. The van der Waals surface area contributed by atoms with Gasteiger partial charge in [0, 0.05) is 170 Å². The SMILES string of the molecule is CCCCCCC=CC1C(CCCCCC)C=CC(CCCCCCCC(=O)N2CCN(CCNCCN3CCNCC3)CC2)C1CCCCCCCC(=O)N1CCN(CCNCCN2CCNCC2)CC1. The van der Waals surface area contributed by atoms with E-state index >= 15 is 0 Å². The lowest BCUT2D eigenvalue weighted by Gasteiger charge is -2.39. The van der Waals surface area contributed by atoms with Crippen molar-refractivity contribution in [2.24, 2.45) is 23.7 Å². The quantitative estimate of drug-likeness (QED) is 0.0356. The fraction of sp³-hybridized carbons (Fsp3) is 0.900. The van der Waals surface area contributed by atoms with Gasteiger partial charge >= 0.3 is 0 Å². The number of hydrogen-bond donors (Lipinski definition) is 4. The molecule has 0 aromatic heterocycles. The third-order valence-electron chi connectivity index (χ3n) is 17.3. The molecule has 0 aromatic rings. The highest BCUT2D eigenvalue weighted by atomic mass is 16.2. The molecule has 4 atom stereocenters. The lowest BCUT2D eigenvalue weighted by molar-refractivity contribution is -0.133. The van der Waals surface area contributed by atoms with Crippen LogP contribution in [0.4, 0.5) is 0 Å². The summed E-state index contributed by atoms with van der Waals surface area (Å²) in [6, 6.07) is 0. The molecule has 416 valence electrons. The topological polar surface area (TPSA) is 102 Å². The minimum Gasteiger partial charge on any atom is -0.340 e. The Hall–Kier alpha value is -1.90. The maximum Gasteiger partial charge on any atom is 0.222 e. The van der Waals surface area contributed by atoms with Crippen LogP contribution >= 0.6 is 0 Å². The van der Waals surface area contributed by atoms with E-state index in [2.05, 4.69) is 88.8 Å². The maximum absolute atomic E-state index is 13.2. The largest absolute Gasteiger partial charge is 0.340 e. The van der Waals surface area contributed by atoms with E-state index in [9.17, 15) is 9.59 Å². The fourth-order valence-corrected chi connectivity index (χ4v) is 12.4. The maximum atomic E-state index is 13.2. The molecule has 0 spiro atoms. The van der Waals surface area contributed by atoms with E-state index in [1.54, 1.807) is 0 Å². The van der Waals surface area contributed by atoms with Crippen LogP contribution in [0.5, 0.6) is 0 Å². The Morgan fingerprint density at radius 1 is 0.458 bits per heavy atom. The Morgan fingerprint density at radius 3 is 1.33 bits per heavy atom. The molecule has 4 N–H and O–H groups in total. The van der Waals surface area contributed by atoms with Crippen molar-refractivity contribution < 1.29 is 9.59 Å². The number of allylic oxidation sites excluding steroid dienone is 4. The van der Waals surface area contributed by atoms with Crippen LogP contribution in [0.1, 0.15) is 168 Å². The molecule has 1 aliphatic carbocycles. The summed E-state index contributed by atoms with van der Waals surface area (Å²) in [5.74, 6) is 3.52. The van der Waals surface area contributed by atoms with Gasteiger partial charge in [0.25, 0.3) is 0 Å². The van der Waals surface area contributed by atoms with Crippen LogP contribution in [-0.4, -0.2) is 198 Å². The summed E-state index contributed by atoms with van der Waals surface area (Å²) in [7, 11) is 0. The standard InChI is InChI=1S/C60H114N10O2/c1-3-5-7-9-13-19-25-57-55(23-17-8-6-4-2)29-30-56(24-18-12-10-15-21-27-59(71)69-51-47-67(48-52-69)45-37-63-35-43-65-39-31-61-32-40-65)58(57)26-20-14-11-16-22-28-60(72)70-53-49-68(50-54-70)46-38-64-36-44-66-41-33-62-34-42-66/h19,25,29-30,55-58,61-64H,3-18,20-24,26-28,31-54H2,1-2H3. The van der Waals surface area contributed by atoms with E-state index in [1.165, 1.54) is 155 Å². The first-order valence-corrected chi connectivity index (χ1v) is 31.2. The summed E-state index contributed by atoms with van der Waals surface area (Å²) in [4.78, 5) is 40.8. The number of carbonyl (C=O) groups excluding carboxylic acids is 2. The predicted octanol–water partition coefficient (Wildman–Crippen LogP) is 8.26. The Labute approximate surface area is 443 Å². The van der Waals surface area contributed by atoms with Crippen LogP contribution in [-0.2, 0) is 9.59 Å². The summed E-state index contributed by atoms with van der Waals surface area (Å²) in [6.45, 7) is 30.0. The summed E-state index contributed by atoms with van der Waals surface area (Å²) >= 11 is 0. The third kappa shape index (κ3) is 25.8. The average Bonchev–Trinajstić information content (AvgIpc) is 3.41. The summed E-state index contributed by atoms with van der Waals surface area (Å²) in [5, 5.41) is 14.2. The first-order chi connectivity index (χ1) is 35.5. The van der Waals surface area contributed by atoms with Gasteiger partial charge in [0.15, 0.2) is 0 Å². The highest BCUT2D eigenvalue weighted by Gasteiger charge is 2.34. The molecule has 72 heavy (non-hydrogen) atoms. The average molecular weight is 1010 g/mol. The Morgan fingerprint density at radius 2 is 0.847 bits per heavy atom. The fourth-order valence-electron chi connectivity index (χ4n) is 12.4. The molecule has 5 aliphatic rings. The minimum absolute atomic E-state index is 0.377. The van der Waals surface area contributed by atoms with Gasteiger partial charge in [-0.2, -0.15) is 0 Å². The molecular weight excluding hydrogens is 893 g/mol. The number of unbranched alkanes of at least 4 members (excludes halogenated alkanes) is 15. The van der Waals surface area contributed by atoms with Crippen LogP contribution < -0.4 is 21.3 Å². The van der Waals surface area contributed by atoms with Crippen LogP contribution in [0, 0.1) is 23.7 Å². The highest BCUT2D eigenvalue weighted by molar-refractivity contribution is 5.76. The molecule has 4 aliphatic heterocycles. The molecule has 12 heteroatoms. The van der Waals surface area contributed by atoms with Gasteiger partial charge in [-0.25, -0.2) is 0 Å². The summed E-state index contributed by atoms with van der Waals surface area (Å²) in [6.07, 6.45) is 40.2. The number of rotatable bonds is 39.